The number of nitrogen functional groups attached to an aromatic ring is 1. The molecule has 2 rings (SSSR count). The second-order valence-corrected chi connectivity index (χ2v) is 6.25. The molecule has 1 atom stereocenters. The van der Waals surface area contributed by atoms with E-state index in [2.05, 4.69) is 0 Å². The molecule has 1 aromatic carbocycles. The summed E-state index contributed by atoms with van der Waals surface area (Å²) in [7, 11) is 1.49. The number of methoxy groups -OCH3 is 1. The number of amides is 2. The van der Waals surface area contributed by atoms with Gasteiger partial charge in [0.2, 0.25) is 5.91 Å². The van der Waals surface area contributed by atoms with Gasteiger partial charge in [0.05, 0.1) is 23.4 Å². The van der Waals surface area contributed by atoms with Crippen LogP contribution < -0.4 is 16.2 Å². The number of carbonyl (C=O) groups excluding carboxylic acids is 2. The summed E-state index contributed by atoms with van der Waals surface area (Å²) in [5.41, 5.74) is 11.7. The molecule has 1 fully saturated rings. The SMILES string of the molecule is COc1cc(N)c(Cl)cc1C(=O)N1CCCC(CCC(N)=O)C1.Cl. The number of rotatable bonds is 5. The highest BCUT2D eigenvalue weighted by atomic mass is 35.5. The first-order valence-electron chi connectivity index (χ1n) is 7.63. The van der Waals surface area contributed by atoms with E-state index < -0.39 is 0 Å². The first-order chi connectivity index (χ1) is 10.9. The smallest absolute Gasteiger partial charge is 0.257 e. The fourth-order valence-electron chi connectivity index (χ4n) is 2.91. The van der Waals surface area contributed by atoms with Gasteiger partial charge >= 0.3 is 0 Å². The minimum atomic E-state index is -0.305. The Hall–Kier alpha value is -1.66. The fraction of sp³-hybridized carbons (Fsp3) is 0.500. The number of piperidine rings is 1. The maximum atomic E-state index is 12.8. The number of likely N-dealkylation sites (tertiary alicyclic amines) is 1. The van der Waals surface area contributed by atoms with Crippen molar-refractivity contribution in [1.29, 1.82) is 0 Å². The van der Waals surface area contributed by atoms with Gasteiger partial charge in [-0.05, 0) is 31.2 Å². The summed E-state index contributed by atoms with van der Waals surface area (Å²) in [6.45, 7) is 1.29. The highest BCUT2D eigenvalue weighted by Gasteiger charge is 2.27. The first kappa shape index (κ1) is 20.4. The molecule has 2 amide bonds. The predicted octanol–water partition coefficient (Wildman–Crippen LogP) is 2.47. The Kier molecular flexibility index (Phi) is 7.63. The van der Waals surface area contributed by atoms with Gasteiger partial charge in [0, 0.05) is 25.6 Å². The lowest BCUT2D eigenvalue weighted by Crippen LogP contribution is -2.40. The molecule has 1 aliphatic heterocycles. The Balaban J connectivity index is 0.00000288. The molecule has 8 heteroatoms. The normalized spacial score (nSPS) is 17.1. The van der Waals surface area contributed by atoms with Crippen molar-refractivity contribution in [3.8, 4) is 5.75 Å². The molecule has 0 bridgehead atoms. The lowest BCUT2D eigenvalue weighted by atomic mass is 9.93. The lowest BCUT2D eigenvalue weighted by Gasteiger charge is -2.33. The van der Waals surface area contributed by atoms with E-state index in [1.807, 2.05) is 0 Å². The van der Waals surface area contributed by atoms with Crippen LogP contribution in [0.5, 0.6) is 5.75 Å². The van der Waals surface area contributed by atoms with Gasteiger partial charge in [0.1, 0.15) is 5.75 Å². The van der Waals surface area contributed by atoms with E-state index in [4.69, 9.17) is 27.8 Å². The van der Waals surface area contributed by atoms with Crippen LogP contribution in [0.3, 0.4) is 0 Å². The van der Waals surface area contributed by atoms with Gasteiger partial charge < -0.3 is 21.1 Å². The Morgan fingerprint density at radius 2 is 2.12 bits per heavy atom. The zero-order chi connectivity index (χ0) is 17.0. The average molecular weight is 376 g/mol. The van der Waals surface area contributed by atoms with Crippen LogP contribution in [0.2, 0.25) is 5.02 Å². The topological polar surface area (TPSA) is 98.7 Å². The van der Waals surface area contributed by atoms with Crippen LogP contribution in [-0.4, -0.2) is 36.9 Å². The van der Waals surface area contributed by atoms with Crippen molar-refractivity contribution in [2.45, 2.75) is 25.7 Å². The molecule has 24 heavy (non-hydrogen) atoms. The van der Waals surface area contributed by atoms with Gasteiger partial charge in [-0.2, -0.15) is 0 Å². The molecule has 1 aliphatic rings. The van der Waals surface area contributed by atoms with E-state index in [9.17, 15) is 9.59 Å². The molecular formula is C16H23Cl2N3O3. The van der Waals surface area contributed by atoms with Crippen molar-refractivity contribution in [3.63, 3.8) is 0 Å². The molecule has 4 N–H and O–H groups in total. The summed E-state index contributed by atoms with van der Waals surface area (Å²) in [5.74, 6) is 0.263. The summed E-state index contributed by atoms with van der Waals surface area (Å²) in [5, 5.41) is 0.330. The Labute approximate surface area is 152 Å². The molecule has 1 aromatic rings. The number of carbonyl (C=O) groups is 2. The van der Waals surface area contributed by atoms with Gasteiger partial charge in [-0.1, -0.05) is 11.6 Å². The van der Waals surface area contributed by atoms with E-state index in [1.54, 1.807) is 17.0 Å². The van der Waals surface area contributed by atoms with Crippen LogP contribution >= 0.6 is 24.0 Å². The maximum Gasteiger partial charge on any atom is 0.257 e. The number of hydrogen-bond acceptors (Lipinski definition) is 4. The van der Waals surface area contributed by atoms with Crippen LogP contribution in [0.1, 0.15) is 36.0 Å². The first-order valence-corrected chi connectivity index (χ1v) is 8.00. The second kappa shape index (κ2) is 8.99. The molecule has 0 spiro atoms. The zero-order valence-corrected chi connectivity index (χ0v) is 15.2. The third-order valence-corrected chi connectivity index (χ3v) is 4.48. The number of primary amides is 1. The lowest BCUT2D eigenvalue weighted by molar-refractivity contribution is -0.118. The Bertz CT molecular complexity index is 610. The zero-order valence-electron chi connectivity index (χ0n) is 13.6. The second-order valence-electron chi connectivity index (χ2n) is 5.84. The van der Waals surface area contributed by atoms with E-state index in [0.717, 1.165) is 12.8 Å². The number of benzene rings is 1. The molecule has 134 valence electrons. The molecule has 0 saturated carbocycles. The molecule has 0 radical (unpaired) electrons. The van der Waals surface area contributed by atoms with Gasteiger partial charge in [-0.15, -0.1) is 12.4 Å². The van der Waals surface area contributed by atoms with Crippen LogP contribution in [0.4, 0.5) is 5.69 Å². The molecule has 0 aromatic heterocycles. The van der Waals surface area contributed by atoms with Gasteiger partial charge in [-0.25, -0.2) is 0 Å². The van der Waals surface area contributed by atoms with Crippen molar-refractivity contribution >= 4 is 41.5 Å². The third-order valence-electron chi connectivity index (χ3n) is 4.15. The summed E-state index contributed by atoms with van der Waals surface area (Å²) in [6.07, 6.45) is 2.96. The van der Waals surface area contributed by atoms with Crippen LogP contribution in [-0.2, 0) is 4.79 Å². The highest BCUT2D eigenvalue weighted by molar-refractivity contribution is 6.33. The molecule has 1 unspecified atom stereocenters. The number of anilines is 1. The van der Waals surface area contributed by atoms with Crippen molar-refractivity contribution in [2.75, 3.05) is 25.9 Å². The Morgan fingerprint density at radius 3 is 2.75 bits per heavy atom. The van der Waals surface area contributed by atoms with Gasteiger partial charge in [0.25, 0.3) is 5.91 Å². The van der Waals surface area contributed by atoms with Crippen LogP contribution in [0, 0.1) is 5.92 Å². The van der Waals surface area contributed by atoms with E-state index >= 15 is 0 Å². The fourth-order valence-corrected chi connectivity index (χ4v) is 3.07. The number of nitrogens with zero attached hydrogens (tertiary/aromatic N) is 1. The Morgan fingerprint density at radius 1 is 1.42 bits per heavy atom. The van der Waals surface area contributed by atoms with Crippen molar-refractivity contribution in [1.82, 2.24) is 4.90 Å². The maximum absolute atomic E-state index is 12.8. The highest BCUT2D eigenvalue weighted by Crippen LogP contribution is 2.31. The average Bonchev–Trinajstić information content (AvgIpc) is 2.54. The number of nitrogens with two attached hydrogens (primary N) is 2. The standard InChI is InChI=1S/C16H22ClN3O3.ClH/c1-23-14-8-13(18)12(17)7-11(14)16(22)20-6-2-3-10(9-20)4-5-15(19)21;/h7-8,10H,2-6,9,18H2,1H3,(H2,19,21);1H. The molecule has 0 aliphatic carbocycles. The summed E-state index contributed by atoms with van der Waals surface area (Å²) >= 11 is 6.04. The van der Waals surface area contributed by atoms with Crippen LogP contribution in [0.15, 0.2) is 12.1 Å². The van der Waals surface area contributed by atoms with E-state index in [0.29, 0.717) is 48.0 Å². The summed E-state index contributed by atoms with van der Waals surface area (Å²) in [6, 6.07) is 3.11. The molecule has 1 heterocycles. The summed E-state index contributed by atoms with van der Waals surface area (Å²) in [4.78, 5) is 25.5. The quantitative estimate of drug-likeness (QED) is 0.772. The third kappa shape index (κ3) is 4.92. The van der Waals surface area contributed by atoms with E-state index in [1.165, 1.54) is 7.11 Å². The molecular weight excluding hydrogens is 353 g/mol. The monoisotopic (exact) mass is 375 g/mol. The number of hydrogen-bond donors (Lipinski definition) is 2. The minimum Gasteiger partial charge on any atom is -0.496 e. The minimum absolute atomic E-state index is 0. The largest absolute Gasteiger partial charge is 0.496 e. The van der Waals surface area contributed by atoms with Gasteiger partial charge in [-0.3, -0.25) is 9.59 Å². The van der Waals surface area contributed by atoms with Crippen LogP contribution in [0.25, 0.3) is 0 Å². The van der Waals surface area contributed by atoms with Crippen molar-refractivity contribution in [3.05, 3.63) is 22.7 Å². The summed E-state index contributed by atoms with van der Waals surface area (Å²) < 4.78 is 5.25. The number of halogens is 2. The predicted molar refractivity (Wildman–Crippen MR) is 96.7 cm³/mol. The van der Waals surface area contributed by atoms with E-state index in [-0.39, 0.29) is 30.1 Å². The van der Waals surface area contributed by atoms with Gasteiger partial charge in [0.15, 0.2) is 0 Å². The molecule has 1 saturated heterocycles. The van der Waals surface area contributed by atoms with Crippen molar-refractivity contribution < 1.29 is 14.3 Å². The number of ether oxygens (including phenoxy) is 1. The molecule has 6 nitrogen and oxygen atoms in total. The van der Waals surface area contributed by atoms with Crippen molar-refractivity contribution in [2.24, 2.45) is 11.7 Å².